The van der Waals surface area contributed by atoms with Crippen molar-refractivity contribution in [2.75, 3.05) is 6.54 Å². The molecule has 0 heterocycles. The van der Waals surface area contributed by atoms with E-state index in [2.05, 4.69) is 49.5 Å². The van der Waals surface area contributed by atoms with Gasteiger partial charge < -0.3 is 10.4 Å². The van der Waals surface area contributed by atoms with Crippen LogP contribution in [0.2, 0.25) is 0 Å². The van der Waals surface area contributed by atoms with Crippen molar-refractivity contribution in [1.29, 1.82) is 0 Å². The summed E-state index contributed by atoms with van der Waals surface area (Å²) < 4.78 is 0. The Morgan fingerprint density at radius 1 is 1.10 bits per heavy atom. The lowest BCUT2D eigenvalue weighted by molar-refractivity contribution is -0.137. The number of carbonyl (C=O) groups is 2. The Labute approximate surface area is 181 Å². The van der Waals surface area contributed by atoms with Crippen molar-refractivity contribution in [1.82, 2.24) is 5.32 Å². The summed E-state index contributed by atoms with van der Waals surface area (Å²) in [6, 6.07) is 0. The van der Waals surface area contributed by atoms with Gasteiger partial charge in [-0.1, -0.05) is 75.0 Å². The number of amides is 1. The number of aliphatic carboxylic acids is 1. The molecule has 4 nitrogen and oxygen atoms in total. The number of unbranched alkanes of at least 4 members (excludes halogenated alkanes) is 1. The number of allylic oxidation sites excluding steroid dienone is 9. The number of carbonyl (C=O) groups excluding carboxylic acids is 1. The molecule has 0 aromatic heterocycles. The Morgan fingerprint density at radius 3 is 2.67 bits per heavy atom. The number of hydrogen-bond donors (Lipinski definition) is 2. The second-order valence-corrected chi connectivity index (χ2v) is 8.78. The highest BCUT2D eigenvalue weighted by Crippen LogP contribution is 2.45. The highest BCUT2D eigenvalue weighted by molar-refractivity contribution is 5.87. The first-order valence-corrected chi connectivity index (χ1v) is 11.3. The average Bonchev–Trinajstić information content (AvgIpc) is 3.18. The van der Waals surface area contributed by atoms with Crippen LogP contribution in [-0.4, -0.2) is 23.5 Å². The molecule has 0 aliphatic heterocycles. The minimum Gasteiger partial charge on any atom is -0.481 e. The predicted octanol–water partition coefficient (Wildman–Crippen LogP) is 5.46. The smallest absolute Gasteiger partial charge is 0.303 e. The molecule has 0 aromatic carbocycles. The Balaban J connectivity index is 1.92. The summed E-state index contributed by atoms with van der Waals surface area (Å²) in [6.45, 7) is 4.86. The normalized spacial score (nSPS) is 26.5. The molecular formula is C26H37NO3. The summed E-state index contributed by atoms with van der Waals surface area (Å²) in [5, 5.41) is 11.6. The van der Waals surface area contributed by atoms with E-state index < -0.39 is 5.97 Å². The zero-order valence-electron chi connectivity index (χ0n) is 18.4. The van der Waals surface area contributed by atoms with Crippen LogP contribution in [0.4, 0.5) is 0 Å². The first-order chi connectivity index (χ1) is 14.5. The molecule has 0 aromatic rings. The molecule has 2 rings (SSSR count). The third kappa shape index (κ3) is 8.56. The fourth-order valence-electron chi connectivity index (χ4n) is 4.32. The average molecular weight is 412 g/mol. The number of carboxylic acids is 1. The fourth-order valence-corrected chi connectivity index (χ4v) is 4.32. The van der Waals surface area contributed by atoms with Crippen molar-refractivity contribution >= 4 is 11.9 Å². The number of hydrogen-bond acceptors (Lipinski definition) is 2. The molecule has 4 atom stereocenters. The first-order valence-electron chi connectivity index (χ1n) is 11.3. The highest BCUT2D eigenvalue weighted by Gasteiger charge is 2.36. The number of nitrogens with one attached hydrogen (secondary N) is 1. The lowest BCUT2D eigenvalue weighted by Crippen LogP contribution is -2.26. The molecule has 2 aliphatic carbocycles. The maximum absolute atomic E-state index is 11.8. The fraction of sp³-hybridized carbons (Fsp3) is 0.538. The van der Waals surface area contributed by atoms with Crippen molar-refractivity contribution in [2.45, 2.75) is 52.4 Å². The van der Waals surface area contributed by atoms with Gasteiger partial charge in [-0.2, -0.15) is 0 Å². The molecule has 4 heteroatoms. The molecule has 0 radical (unpaired) electrons. The van der Waals surface area contributed by atoms with Gasteiger partial charge in [0.1, 0.15) is 0 Å². The molecule has 1 fully saturated rings. The maximum atomic E-state index is 11.8. The molecule has 0 bridgehead atoms. The molecular weight excluding hydrogens is 374 g/mol. The highest BCUT2D eigenvalue weighted by atomic mass is 16.4. The largest absolute Gasteiger partial charge is 0.481 e. The van der Waals surface area contributed by atoms with Gasteiger partial charge in [0.05, 0.1) is 0 Å². The Hall–Kier alpha value is -2.36. The second-order valence-electron chi connectivity index (χ2n) is 8.78. The SMILES string of the molecule is CC(C)CNC(=O)/C=C/C=C\[C@H]1[C@H]2CCC[C@@H]2C=C[C@H]1/C=C/C=C/CCCC(=O)O. The summed E-state index contributed by atoms with van der Waals surface area (Å²) in [4.78, 5) is 22.4. The zero-order valence-corrected chi connectivity index (χ0v) is 18.4. The lowest BCUT2D eigenvalue weighted by atomic mass is 9.71. The standard InChI is InChI=1S/C26H37NO3/c1-20(2)19-27-25(28)15-9-8-13-23-21(17-18-22-12-10-14-24(22)23)11-6-4-3-5-7-16-26(29)30/h3-4,6,8-9,11,13,15,17-18,20-24H,5,7,10,12,14,16,19H2,1-2H3,(H,27,28)(H,29,30)/b4-3+,11-6+,13-8-,15-9+/t21-,22-,23-,24+/m1/s1. The molecule has 0 unspecified atom stereocenters. The van der Waals surface area contributed by atoms with E-state index in [1.54, 1.807) is 6.08 Å². The van der Waals surface area contributed by atoms with Crippen LogP contribution in [0.3, 0.4) is 0 Å². The molecule has 1 amide bonds. The van der Waals surface area contributed by atoms with Crippen LogP contribution >= 0.6 is 0 Å². The van der Waals surface area contributed by atoms with Crippen molar-refractivity contribution in [3.63, 3.8) is 0 Å². The van der Waals surface area contributed by atoms with Gasteiger partial charge in [-0.25, -0.2) is 0 Å². The van der Waals surface area contributed by atoms with Crippen LogP contribution in [0.15, 0.2) is 60.8 Å². The van der Waals surface area contributed by atoms with E-state index >= 15 is 0 Å². The van der Waals surface area contributed by atoms with Gasteiger partial charge in [0, 0.05) is 25.0 Å². The number of carboxylic acid groups (broad SMARTS) is 1. The predicted molar refractivity (Wildman–Crippen MR) is 123 cm³/mol. The van der Waals surface area contributed by atoms with E-state index in [-0.39, 0.29) is 12.3 Å². The maximum Gasteiger partial charge on any atom is 0.303 e. The van der Waals surface area contributed by atoms with Crippen molar-refractivity contribution in [2.24, 2.45) is 29.6 Å². The van der Waals surface area contributed by atoms with E-state index in [0.29, 0.717) is 42.6 Å². The molecule has 164 valence electrons. The van der Waals surface area contributed by atoms with Crippen molar-refractivity contribution < 1.29 is 14.7 Å². The van der Waals surface area contributed by atoms with Crippen molar-refractivity contribution in [3.05, 3.63) is 60.8 Å². The lowest BCUT2D eigenvalue weighted by Gasteiger charge is -2.33. The van der Waals surface area contributed by atoms with Crippen molar-refractivity contribution in [3.8, 4) is 0 Å². The Kier molecular flexibility index (Phi) is 10.4. The third-order valence-electron chi connectivity index (χ3n) is 5.86. The summed E-state index contributed by atoms with van der Waals surface area (Å²) in [5.41, 5.74) is 0. The number of rotatable bonds is 11. The Morgan fingerprint density at radius 2 is 1.90 bits per heavy atom. The summed E-state index contributed by atoms with van der Waals surface area (Å²) >= 11 is 0. The molecule has 30 heavy (non-hydrogen) atoms. The second kappa shape index (κ2) is 13.0. The van der Waals surface area contributed by atoms with Gasteiger partial charge in [-0.05, 0) is 49.4 Å². The first kappa shape index (κ1) is 23.9. The monoisotopic (exact) mass is 411 g/mol. The molecule has 0 saturated heterocycles. The number of fused-ring (bicyclic) bond motifs is 1. The minimum atomic E-state index is -0.738. The van der Waals surface area contributed by atoms with Gasteiger partial charge in [0.25, 0.3) is 0 Å². The van der Waals surface area contributed by atoms with Crippen LogP contribution in [-0.2, 0) is 9.59 Å². The van der Waals surface area contributed by atoms with E-state index in [9.17, 15) is 9.59 Å². The topological polar surface area (TPSA) is 66.4 Å². The molecule has 2 N–H and O–H groups in total. The minimum absolute atomic E-state index is 0.0416. The van der Waals surface area contributed by atoms with E-state index in [4.69, 9.17) is 5.11 Å². The van der Waals surface area contributed by atoms with Gasteiger partial charge in [0.15, 0.2) is 0 Å². The van der Waals surface area contributed by atoms with E-state index in [1.165, 1.54) is 19.3 Å². The van der Waals surface area contributed by atoms with Crippen LogP contribution in [0, 0.1) is 29.6 Å². The van der Waals surface area contributed by atoms with Crippen LogP contribution < -0.4 is 5.32 Å². The van der Waals surface area contributed by atoms with Crippen LogP contribution in [0.25, 0.3) is 0 Å². The molecule has 2 aliphatic rings. The quantitative estimate of drug-likeness (QED) is 0.205. The van der Waals surface area contributed by atoms with E-state index in [1.807, 2.05) is 24.3 Å². The molecule has 1 saturated carbocycles. The summed E-state index contributed by atoms with van der Waals surface area (Å²) in [5.74, 6) is 1.82. The van der Waals surface area contributed by atoms with Crippen LogP contribution in [0.5, 0.6) is 0 Å². The van der Waals surface area contributed by atoms with E-state index in [0.717, 1.165) is 6.42 Å². The summed E-state index contributed by atoms with van der Waals surface area (Å²) in [7, 11) is 0. The third-order valence-corrected chi connectivity index (χ3v) is 5.86. The van der Waals surface area contributed by atoms with Gasteiger partial charge in [-0.15, -0.1) is 0 Å². The van der Waals surface area contributed by atoms with Gasteiger partial charge in [0.2, 0.25) is 5.91 Å². The zero-order chi connectivity index (χ0) is 21.8. The van der Waals surface area contributed by atoms with Crippen LogP contribution in [0.1, 0.15) is 52.4 Å². The van der Waals surface area contributed by atoms with Gasteiger partial charge in [-0.3, -0.25) is 9.59 Å². The summed E-state index contributed by atoms with van der Waals surface area (Å²) in [6.07, 6.45) is 26.4. The Bertz CT molecular complexity index is 699. The van der Waals surface area contributed by atoms with Gasteiger partial charge >= 0.3 is 5.97 Å². The molecule has 0 spiro atoms.